The number of benzene rings is 2. The smallest absolute Gasteiger partial charge is 0.123 e. The molecule has 2 rings (SSSR count). The molecule has 2 N–H and O–H groups in total. The number of ether oxygens (including phenoxy) is 1. The van der Waals surface area contributed by atoms with E-state index in [1.54, 1.807) is 6.07 Å². The van der Waals surface area contributed by atoms with Crippen molar-refractivity contribution >= 4 is 0 Å². The van der Waals surface area contributed by atoms with Gasteiger partial charge >= 0.3 is 0 Å². The van der Waals surface area contributed by atoms with Gasteiger partial charge in [0.25, 0.3) is 0 Å². The van der Waals surface area contributed by atoms with Gasteiger partial charge in [0.15, 0.2) is 0 Å². The third-order valence-corrected chi connectivity index (χ3v) is 3.21. The van der Waals surface area contributed by atoms with E-state index in [1.165, 1.54) is 12.1 Å². The van der Waals surface area contributed by atoms with Gasteiger partial charge in [-0.25, -0.2) is 4.39 Å². The molecular formula is C17H20FNO. The van der Waals surface area contributed by atoms with E-state index in [9.17, 15) is 4.39 Å². The second-order valence-electron chi connectivity index (χ2n) is 4.80. The van der Waals surface area contributed by atoms with Crippen molar-refractivity contribution in [1.82, 2.24) is 0 Å². The Morgan fingerprint density at radius 2 is 1.85 bits per heavy atom. The van der Waals surface area contributed by atoms with E-state index in [4.69, 9.17) is 10.5 Å². The Labute approximate surface area is 119 Å². The Morgan fingerprint density at radius 1 is 1.10 bits per heavy atom. The van der Waals surface area contributed by atoms with E-state index in [0.717, 1.165) is 36.3 Å². The fourth-order valence-electron chi connectivity index (χ4n) is 2.00. The van der Waals surface area contributed by atoms with E-state index in [0.29, 0.717) is 0 Å². The number of halogens is 1. The molecule has 0 saturated carbocycles. The average Bonchev–Trinajstić information content (AvgIpc) is 2.47. The number of rotatable bonds is 6. The molecule has 0 amide bonds. The number of hydrogen-bond donors (Lipinski definition) is 1. The predicted octanol–water partition coefficient (Wildman–Crippen LogP) is 4.05. The minimum Gasteiger partial charge on any atom is -0.494 e. The molecule has 0 spiro atoms. The first-order valence-corrected chi connectivity index (χ1v) is 6.94. The molecule has 3 heteroatoms. The summed E-state index contributed by atoms with van der Waals surface area (Å²) >= 11 is 0. The molecule has 2 nitrogen and oxygen atoms in total. The largest absolute Gasteiger partial charge is 0.494 e. The molecule has 106 valence electrons. The standard InChI is InChI=1S/C17H20FNO/c1-2-3-11-20-16-9-7-13(8-10-16)17(19)14-5-4-6-15(18)12-14/h4-10,12,17H,2-3,11,19H2,1H3. The second-order valence-corrected chi connectivity index (χ2v) is 4.80. The van der Waals surface area contributed by atoms with Crippen molar-refractivity contribution in [3.05, 3.63) is 65.5 Å². The van der Waals surface area contributed by atoms with Gasteiger partial charge in [-0.3, -0.25) is 0 Å². The zero-order chi connectivity index (χ0) is 14.4. The zero-order valence-electron chi connectivity index (χ0n) is 11.7. The average molecular weight is 273 g/mol. The molecule has 0 bridgehead atoms. The lowest BCUT2D eigenvalue weighted by atomic mass is 9.99. The van der Waals surface area contributed by atoms with Crippen LogP contribution >= 0.6 is 0 Å². The molecule has 0 heterocycles. The maximum absolute atomic E-state index is 13.2. The van der Waals surface area contributed by atoms with Crippen molar-refractivity contribution in [1.29, 1.82) is 0 Å². The van der Waals surface area contributed by atoms with E-state index in [2.05, 4.69) is 6.92 Å². The van der Waals surface area contributed by atoms with Crippen molar-refractivity contribution in [2.45, 2.75) is 25.8 Å². The number of unbranched alkanes of at least 4 members (excludes halogenated alkanes) is 1. The van der Waals surface area contributed by atoms with Crippen LogP contribution in [-0.2, 0) is 0 Å². The summed E-state index contributed by atoms with van der Waals surface area (Å²) in [5, 5.41) is 0. The van der Waals surface area contributed by atoms with Gasteiger partial charge in [-0.15, -0.1) is 0 Å². The molecule has 0 aromatic heterocycles. The first-order valence-electron chi connectivity index (χ1n) is 6.94. The van der Waals surface area contributed by atoms with Crippen molar-refractivity contribution in [2.75, 3.05) is 6.61 Å². The maximum Gasteiger partial charge on any atom is 0.123 e. The van der Waals surface area contributed by atoms with E-state index >= 15 is 0 Å². The molecule has 0 radical (unpaired) electrons. The number of nitrogens with two attached hydrogens (primary N) is 1. The summed E-state index contributed by atoms with van der Waals surface area (Å²) in [6.45, 7) is 2.86. The van der Waals surface area contributed by atoms with Crippen molar-refractivity contribution in [3.63, 3.8) is 0 Å². The van der Waals surface area contributed by atoms with E-state index < -0.39 is 0 Å². The SMILES string of the molecule is CCCCOc1ccc(C(N)c2cccc(F)c2)cc1. The van der Waals surface area contributed by atoms with Gasteiger partial charge < -0.3 is 10.5 Å². The van der Waals surface area contributed by atoms with Gasteiger partial charge in [0.2, 0.25) is 0 Å². The maximum atomic E-state index is 13.2. The Kier molecular flexibility index (Phi) is 5.13. The van der Waals surface area contributed by atoms with E-state index in [-0.39, 0.29) is 11.9 Å². The summed E-state index contributed by atoms with van der Waals surface area (Å²) in [4.78, 5) is 0. The highest BCUT2D eigenvalue weighted by Crippen LogP contribution is 2.22. The van der Waals surface area contributed by atoms with Crippen molar-refractivity contribution < 1.29 is 9.13 Å². The second kappa shape index (κ2) is 7.06. The van der Waals surface area contributed by atoms with E-state index in [1.807, 2.05) is 30.3 Å². The molecule has 2 aromatic rings. The molecule has 1 unspecified atom stereocenters. The quantitative estimate of drug-likeness (QED) is 0.806. The minimum atomic E-state index is -0.324. The Bertz CT molecular complexity index is 539. The van der Waals surface area contributed by atoms with Gasteiger partial charge in [0.1, 0.15) is 11.6 Å². The Hall–Kier alpha value is -1.87. The van der Waals surface area contributed by atoms with Gasteiger partial charge in [0.05, 0.1) is 12.6 Å². The highest BCUT2D eigenvalue weighted by Gasteiger charge is 2.09. The van der Waals surface area contributed by atoms with Crippen LogP contribution in [0.5, 0.6) is 5.75 Å². The molecule has 0 aliphatic heterocycles. The number of hydrogen-bond acceptors (Lipinski definition) is 2. The highest BCUT2D eigenvalue weighted by molar-refractivity contribution is 5.35. The molecule has 0 fully saturated rings. The van der Waals surface area contributed by atoms with Crippen LogP contribution in [0.15, 0.2) is 48.5 Å². The predicted molar refractivity (Wildman–Crippen MR) is 79.3 cm³/mol. The van der Waals surface area contributed by atoms with Crippen LogP contribution in [-0.4, -0.2) is 6.61 Å². The van der Waals surface area contributed by atoms with Crippen LogP contribution in [0.4, 0.5) is 4.39 Å². The molecule has 0 saturated heterocycles. The first kappa shape index (κ1) is 14.5. The third-order valence-electron chi connectivity index (χ3n) is 3.21. The van der Waals surface area contributed by atoms with Crippen LogP contribution < -0.4 is 10.5 Å². The molecule has 1 atom stereocenters. The molecule has 20 heavy (non-hydrogen) atoms. The molecular weight excluding hydrogens is 253 g/mol. The summed E-state index contributed by atoms with van der Waals surface area (Å²) in [5.41, 5.74) is 7.86. The lowest BCUT2D eigenvalue weighted by Crippen LogP contribution is -2.11. The normalized spacial score (nSPS) is 12.2. The van der Waals surface area contributed by atoms with Gasteiger partial charge in [-0.05, 0) is 41.8 Å². The summed E-state index contributed by atoms with van der Waals surface area (Å²) in [5.74, 6) is 0.575. The van der Waals surface area contributed by atoms with Crippen LogP contribution in [0.3, 0.4) is 0 Å². The monoisotopic (exact) mass is 273 g/mol. The van der Waals surface area contributed by atoms with Crippen LogP contribution in [0.25, 0.3) is 0 Å². The lowest BCUT2D eigenvalue weighted by Gasteiger charge is -2.13. The summed E-state index contributed by atoms with van der Waals surface area (Å²) in [7, 11) is 0. The van der Waals surface area contributed by atoms with Crippen molar-refractivity contribution in [2.24, 2.45) is 5.73 Å². The Morgan fingerprint density at radius 3 is 2.50 bits per heavy atom. The zero-order valence-corrected chi connectivity index (χ0v) is 11.7. The fourth-order valence-corrected chi connectivity index (χ4v) is 2.00. The minimum absolute atomic E-state index is 0.266. The topological polar surface area (TPSA) is 35.2 Å². The van der Waals surface area contributed by atoms with Crippen molar-refractivity contribution in [3.8, 4) is 5.75 Å². The summed E-state index contributed by atoms with van der Waals surface area (Å²) < 4.78 is 18.8. The Balaban J connectivity index is 2.05. The van der Waals surface area contributed by atoms with Crippen LogP contribution in [0.2, 0.25) is 0 Å². The molecule has 0 aliphatic carbocycles. The van der Waals surface area contributed by atoms with Gasteiger partial charge in [0, 0.05) is 0 Å². The van der Waals surface area contributed by atoms with Crippen LogP contribution in [0, 0.1) is 5.82 Å². The highest BCUT2D eigenvalue weighted by atomic mass is 19.1. The van der Waals surface area contributed by atoms with Crippen LogP contribution in [0.1, 0.15) is 36.9 Å². The lowest BCUT2D eigenvalue weighted by molar-refractivity contribution is 0.309. The summed E-state index contributed by atoms with van der Waals surface area (Å²) in [6.07, 6.45) is 2.16. The third kappa shape index (κ3) is 3.81. The van der Waals surface area contributed by atoms with Gasteiger partial charge in [-0.1, -0.05) is 37.6 Å². The van der Waals surface area contributed by atoms with Gasteiger partial charge in [-0.2, -0.15) is 0 Å². The first-order chi connectivity index (χ1) is 9.70. The molecule has 2 aromatic carbocycles. The summed E-state index contributed by atoms with van der Waals surface area (Å²) in [6, 6.07) is 13.7. The molecule has 0 aliphatic rings. The fraction of sp³-hybridized carbons (Fsp3) is 0.294.